The number of carbonyl (C=O) groups excluding carboxylic acids is 1. The molecule has 0 atom stereocenters. The van der Waals surface area contributed by atoms with Gasteiger partial charge in [-0.05, 0) is 22.9 Å². The van der Waals surface area contributed by atoms with Gasteiger partial charge in [-0.3, -0.25) is 10.1 Å². The maximum atomic E-state index is 11.8. The number of amides is 1. The lowest BCUT2D eigenvalue weighted by atomic mass is 10.3. The number of thiophene rings is 2. The van der Waals surface area contributed by atoms with Crippen LogP contribution in [0.3, 0.4) is 0 Å². The van der Waals surface area contributed by atoms with Gasteiger partial charge in [-0.25, -0.2) is 4.98 Å². The Kier molecular flexibility index (Phi) is 3.22. The number of hydrogen-bond acceptors (Lipinski definition) is 5. The highest BCUT2D eigenvalue weighted by Gasteiger charge is 2.10. The van der Waals surface area contributed by atoms with E-state index in [4.69, 9.17) is 0 Å². The summed E-state index contributed by atoms with van der Waals surface area (Å²) in [5.74, 6) is -0.108. The lowest BCUT2D eigenvalue weighted by Crippen LogP contribution is -2.10. The van der Waals surface area contributed by atoms with Crippen LogP contribution in [0.15, 0.2) is 39.7 Å². The highest BCUT2D eigenvalue weighted by atomic mass is 32.1. The average molecular weight is 292 g/mol. The molecule has 1 N–H and O–H groups in total. The van der Waals surface area contributed by atoms with E-state index in [2.05, 4.69) is 10.3 Å². The smallest absolute Gasteiger partial charge is 0.258 e. The first-order valence-corrected chi connectivity index (χ1v) is 7.86. The standard InChI is InChI=1S/C12H8N2OS3/c15-11(8-3-5-16-6-8)14-12-13-9(7-18-12)10-2-1-4-17-10/h1-7H,(H,13,14,15). The molecule has 0 fully saturated rings. The van der Waals surface area contributed by atoms with E-state index in [0.717, 1.165) is 10.6 Å². The van der Waals surface area contributed by atoms with Crippen molar-refractivity contribution >= 4 is 45.0 Å². The lowest BCUT2D eigenvalue weighted by molar-refractivity contribution is 0.102. The van der Waals surface area contributed by atoms with E-state index in [-0.39, 0.29) is 5.91 Å². The monoisotopic (exact) mass is 292 g/mol. The number of aromatic nitrogens is 1. The fourth-order valence-electron chi connectivity index (χ4n) is 1.43. The first-order chi connectivity index (χ1) is 8.83. The van der Waals surface area contributed by atoms with Gasteiger partial charge in [-0.2, -0.15) is 11.3 Å². The van der Waals surface area contributed by atoms with Crippen LogP contribution in [0.25, 0.3) is 10.6 Å². The SMILES string of the molecule is O=C(Nc1nc(-c2cccs2)cs1)c1ccsc1. The molecule has 90 valence electrons. The van der Waals surface area contributed by atoms with Crippen LogP contribution in [0.1, 0.15) is 10.4 Å². The third-order valence-electron chi connectivity index (χ3n) is 2.28. The molecule has 3 heterocycles. The average Bonchev–Trinajstić information content (AvgIpc) is 3.12. The molecule has 3 nitrogen and oxygen atoms in total. The summed E-state index contributed by atoms with van der Waals surface area (Å²) in [7, 11) is 0. The maximum absolute atomic E-state index is 11.8. The first kappa shape index (κ1) is 11.6. The van der Waals surface area contributed by atoms with Gasteiger partial charge in [0.15, 0.2) is 5.13 Å². The fourth-order valence-corrected chi connectivity index (χ4v) is 3.53. The van der Waals surface area contributed by atoms with Crippen LogP contribution in [0.4, 0.5) is 5.13 Å². The second-order valence-corrected chi connectivity index (χ2v) is 6.07. The number of rotatable bonds is 3. The molecule has 3 aromatic rings. The van der Waals surface area contributed by atoms with E-state index >= 15 is 0 Å². The van der Waals surface area contributed by atoms with Crippen molar-refractivity contribution in [3.63, 3.8) is 0 Å². The minimum absolute atomic E-state index is 0.108. The van der Waals surface area contributed by atoms with Crippen LogP contribution < -0.4 is 5.32 Å². The van der Waals surface area contributed by atoms with Crippen molar-refractivity contribution in [3.8, 4) is 10.6 Å². The van der Waals surface area contributed by atoms with Gasteiger partial charge < -0.3 is 0 Å². The molecule has 6 heteroatoms. The highest BCUT2D eigenvalue weighted by Crippen LogP contribution is 2.28. The molecule has 0 bridgehead atoms. The summed E-state index contributed by atoms with van der Waals surface area (Å²) in [5.41, 5.74) is 1.59. The Morgan fingerprint density at radius 3 is 2.83 bits per heavy atom. The number of nitrogens with one attached hydrogen (secondary N) is 1. The van der Waals surface area contributed by atoms with E-state index in [1.165, 1.54) is 22.7 Å². The number of hydrogen-bond donors (Lipinski definition) is 1. The van der Waals surface area contributed by atoms with E-state index in [9.17, 15) is 4.79 Å². The first-order valence-electron chi connectivity index (χ1n) is 5.16. The van der Waals surface area contributed by atoms with Crippen molar-refractivity contribution in [2.75, 3.05) is 5.32 Å². The van der Waals surface area contributed by atoms with Crippen LogP contribution in [-0.2, 0) is 0 Å². The Bertz CT molecular complexity index is 641. The lowest BCUT2D eigenvalue weighted by Gasteiger charge is -1.97. The summed E-state index contributed by atoms with van der Waals surface area (Å²) in [6.45, 7) is 0. The zero-order valence-electron chi connectivity index (χ0n) is 9.12. The Morgan fingerprint density at radius 1 is 1.17 bits per heavy atom. The van der Waals surface area contributed by atoms with Crippen LogP contribution in [0.2, 0.25) is 0 Å². The van der Waals surface area contributed by atoms with Gasteiger partial charge in [0, 0.05) is 10.8 Å². The second-order valence-electron chi connectivity index (χ2n) is 3.48. The van der Waals surface area contributed by atoms with E-state index in [0.29, 0.717) is 10.7 Å². The Balaban J connectivity index is 1.76. The van der Waals surface area contributed by atoms with Gasteiger partial charge in [0.05, 0.1) is 16.1 Å². The molecule has 1 amide bonds. The van der Waals surface area contributed by atoms with E-state index < -0.39 is 0 Å². The molecular formula is C12H8N2OS3. The van der Waals surface area contributed by atoms with Gasteiger partial charge in [0.25, 0.3) is 5.91 Å². The van der Waals surface area contributed by atoms with Gasteiger partial charge >= 0.3 is 0 Å². The minimum atomic E-state index is -0.108. The second kappa shape index (κ2) is 5.01. The molecule has 0 saturated heterocycles. The molecule has 0 aliphatic heterocycles. The van der Waals surface area contributed by atoms with Crippen LogP contribution in [0, 0.1) is 0 Å². The fraction of sp³-hybridized carbons (Fsp3) is 0. The molecule has 0 aliphatic carbocycles. The third-order valence-corrected chi connectivity index (χ3v) is 4.61. The van der Waals surface area contributed by atoms with Gasteiger partial charge in [0.1, 0.15) is 0 Å². The largest absolute Gasteiger partial charge is 0.298 e. The molecule has 0 aliphatic rings. The Morgan fingerprint density at radius 2 is 2.11 bits per heavy atom. The zero-order chi connectivity index (χ0) is 12.4. The molecular weight excluding hydrogens is 284 g/mol. The number of thiazole rings is 1. The topological polar surface area (TPSA) is 42.0 Å². The van der Waals surface area contributed by atoms with Crippen molar-refractivity contribution in [1.82, 2.24) is 4.98 Å². The number of anilines is 1. The van der Waals surface area contributed by atoms with E-state index in [1.54, 1.807) is 17.4 Å². The normalized spacial score (nSPS) is 10.4. The van der Waals surface area contributed by atoms with Gasteiger partial charge in [-0.1, -0.05) is 6.07 Å². The van der Waals surface area contributed by atoms with Crippen LogP contribution in [0.5, 0.6) is 0 Å². The number of carbonyl (C=O) groups is 1. The number of nitrogens with zero attached hydrogens (tertiary/aromatic N) is 1. The summed E-state index contributed by atoms with van der Waals surface area (Å²) in [4.78, 5) is 17.4. The van der Waals surface area contributed by atoms with Gasteiger partial charge in [-0.15, -0.1) is 22.7 Å². The van der Waals surface area contributed by atoms with Crippen molar-refractivity contribution in [1.29, 1.82) is 0 Å². The summed E-state index contributed by atoms with van der Waals surface area (Å²) in [6, 6.07) is 5.81. The molecule has 0 saturated carbocycles. The molecule has 0 unspecified atom stereocenters. The third kappa shape index (κ3) is 2.35. The van der Waals surface area contributed by atoms with Crippen LogP contribution >= 0.6 is 34.0 Å². The molecule has 3 rings (SSSR count). The predicted octanol–water partition coefficient (Wildman–Crippen LogP) is 4.19. The Hall–Kier alpha value is -1.50. The molecule has 0 aromatic carbocycles. The summed E-state index contributed by atoms with van der Waals surface area (Å²) >= 11 is 4.59. The molecule has 0 radical (unpaired) electrons. The highest BCUT2D eigenvalue weighted by molar-refractivity contribution is 7.16. The maximum Gasteiger partial charge on any atom is 0.258 e. The molecule has 0 spiro atoms. The van der Waals surface area contributed by atoms with Crippen molar-refractivity contribution in [3.05, 3.63) is 45.3 Å². The minimum Gasteiger partial charge on any atom is -0.298 e. The zero-order valence-corrected chi connectivity index (χ0v) is 11.6. The predicted molar refractivity (Wildman–Crippen MR) is 77.7 cm³/mol. The van der Waals surface area contributed by atoms with Crippen LogP contribution in [-0.4, -0.2) is 10.9 Å². The van der Waals surface area contributed by atoms with Crippen molar-refractivity contribution in [2.45, 2.75) is 0 Å². The summed E-state index contributed by atoms with van der Waals surface area (Å²) in [5, 5.41) is 11.1. The molecule has 18 heavy (non-hydrogen) atoms. The van der Waals surface area contributed by atoms with Gasteiger partial charge in [0.2, 0.25) is 0 Å². The summed E-state index contributed by atoms with van der Waals surface area (Å²) in [6.07, 6.45) is 0. The van der Waals surface area contributed by atoms with Crippen molar-refractivity contribution < 1.29 is 4.79 Å². The quantitative estimate of drug-likeness (QED) is 0.786. The van der Waals surface area contributed by atoms with E-state index in [1.807, 2.05) is 33.7 Å². The Labute approximate surface area is 116 Å². The summed E-state index contributed by atoms with van der Waals surface area (Å²) < 4.78 is 0. The molecule has 3 aromatic heterocycles. The van der Waals surface area contributed by atoms with Crippen molar-refractivity contribution in [2.24, 2.45) is 0 Å².